The summed E-state index contributed by atoms with van der Waals surface area (Å²) >= 11 is 0. The van der Waals surface area contributed by atoms with Gasteiger partial charge in [-0.3, -0.25) is 5.43 Å². The number of esters is 1. The van der Waals surface area contributed by atoms with E-state index in [9.17, 15) is 9.59 Å². The summed E-state index contributed by atoms with van der Waals surface area (Å²) in [4.78, 5) is 20.4. The lowest BCUT2D eigenvalue weighted by Gasteiger charge is -2.03. The van der Waals surface area contributed by atoms with Crippen molar-refractivity contribution in [3.05, 3.63) is 0 Å². The van der Waals surface area contributed by atoms with E-state index in [1.165, 1.54) is 6.07 Å². The molecule has 0 radical (unpaired) electrons. The van der Waals surface area contributed by atoms with Crippen LogP contribution in [0.25, 0.3) is 0 Å². The molecule has 0 aromatic rings. The smallest absolute Gasteiger partial charge is 0.411 e. The summed E-state index contributed by atoms with van der Waals surface area (Å²) in [6.07, 6.45) is 0.480. The van der Waals surface area contributed by atoms with E-state index in [1.54, 1.807) is 0 Å². The topological polar surface area (TPSA) is 117 Å². The number of ether oxygens (including phenoxy) is 1. The van der Waals surface area contributed by atoms with Crippen molar-refractivity contribution >= 4 is 12.0 Å². The molecule has 0 spiro atoms. The largest absolute Gasteiger partial charge is 0.455 e. The van der Waals surface area contributed by atoms with Gasteiger partial charge in [-0.05, 0) is 6.42 Å². The van der Waals surface area contributed by atoms with Gasteiger partial charge >= 0.3 is 12.0 Å². The molecule has 0 saturated heterocycles. The molecule has 0 fully saturated rings. The fourth-order valence-corrected chi connectivity index (χ4v) is 0.507. The van der Waals surface area contributed by atoms with Crippen LogP contribution in [0.15, 0.2) is 0 Å². The van der Waals surface area contributed by atoms with Crippen LogP contribution in [0.4, 0.5) is 4.79 Å². The highest BCUT2D eigenvalue weighted by Crippen LogP contribution is 1.80. The summed E-state index contributed by atoms with van der Waals surface area (Å²) in [5.41, 5.74) is 9.34. The molecule has 2 amide bonds. The van der Waals surface area contributed by atoms with Gasteiger partial charge in [0.1, 0.15) is 0 Å². The maximum Gasteiger partial charge on any atom is 0.411 e. The van der Waals surface area contributed by atoms with Crippen LogP contribution < -0.4 is 16.6 Å². The van der Waals surface area contributed by atoms with E-state index < -0.39 is 12.0 Å². The number of hydrazine groups is 1. The molecule has 0 aliphatic heterocycles. The molecular formula is C6H10N4O3. The molecule has 4 N–H and O–H groups in total. The van der Waals surface area contributed by atoms with Crippen molar-refractivity contribution in [3.8, 4) is 6.07 Å². The Morgan fingerprint density at radius 2 is 2.23 bits per heavy atom. The van der Waals surface area contributed by atoms with Crippen molar-refractivity contribution in [1.29, 1.82) is 5.26 Å². The summed E-state index contributed by atoms with van der Waals surface area (Å²) in [5, 5.41) is 8.00. The average molecular weight is 186 g/mol. The van der Waals surface area contributed by atoms with Gasteiger partial charge in [-0.25, -0.2) is 15.0 Å². The van der Waals surface area contributed by atoms with Crippen LogP contribution in [0, 0.1) is 11.3 Å². The molecule has 0 saturated carbocycles. The summed E-state index contributed by atoms with van der Waals surface area (Å²) in [6.45, 7) is 0.529. The zero-order valence-corrected chi connectivity index (χ0v) is 6.87. The number of urea groups is 1. The lowest BCUT2D eigenvalue weighted by molar-refractivity contribution is -0.136. The molecule has 7 nitrogen and oxygen atoms in total. The molecule has 0 aromatic carbocycles. The lowest BCUT2D eigenvalue weighted by atomic mass is 10.5. The van der Waals surface area contributed by atoms with Crippen molar-refractivity contribution < 1.29 is 14.3 Å². The number of nitrogens with one attached hydrogen (secondary N) is 2. The number of hydrogen-bond donors (Lipinski definition) is 3. The normalized spacial score (nSPS) is 8.54. The van der Waals surface area contributed by atoms with Gasteiger partial charge in [-0.1, -0.05) is 0 Å². The van der Waals surface area contributed by atoms with Crippen LogP contribution >= 0.6 is 0 Å². The monoisotopic (exact) mass is 186 g/mol. The molecule has 0 heterocycles. The third-order valence-corrected chi connectivity index (χ3v) is 0.982. The van der Waals surface area contributed by atoms with E-state index >= 15 is 0 Å². The molecule has 0 aliphatic rings. The van der Waals surface area contributed by atoms with Crippen LogP contribution in [0.1, 0.15) is 6.42 Å². The first-order chi connectivity index (χ1) is 6.16. The number of rotatable bonds is 5. The van der Waals surface area contributed by atoms with Crippen LogP contribution in [-0.2, 0) is 9.53 Å². The van der Waals surface area contributed by atoms with Crippen LogP contribution in [0.5, 0.6) is 0 Å². The molecule has 0 aliphatic carbocycles. The van der Waals surface area contributed by atoms with Gasteiger partial charge in [0.15, 0.2) is 6.07 Å². The van der Waals surface area contributed by atoms with Crippen molar-refractivity contribution in [2.45, 2.75) is 6.42 Å². The van der Waals surface area contributed by atoms with Gasteiger partial charge in [0.05, 0.1) is 6.61 Å². The molecule has 72 valence electrons. The Balaban J connectivity index is 3.14. The van der Waals surface area contributed by atoms with Gasteiger partial charge in [0.2, 0.25) is 0 Å². The molecule has 0 atom stereocenters. The van der Waals surface area contributed by atoms with Gasteiger partial charge in [-0.2, -0.15) is 5.26 Å². The van der Waals surface area contributed by atoms with Crippen molar-refractivity contribution in [3.63, 3.8) is 0 Å². The Hall–Kier alpha value is -1.81. The first-order valence-corrected chi connectivity index (χ1v) is 3.52. The Morgan fingerprint density at radius 1 is 1.54 bits per heavy atom. The Morgan fingerprint density at radius 3 is 2.77 bits per heavy atom. The standard InChI is InChI=1S/C6H10N4O3/c7-4-5(11)13-3-1-2-9-10-6(8)12/h9H,1-3H2,(H3,8,10,12). The first-order valence-electron chi connectivity index (χ1n) is 3.52. The number of carbonyl (C=O) groups is 2. The average Bonchev–Trinajstić information content (AvgIpc) is 2.10. The minimum atomic E-state index is -0.914. The number of carbonyl (C=O) groups excluding carboxylic acids is 2. The summed E-state index contributed by atoms with van der Waals surface area (Å²) in [5.74, 6) is -0.914. The first kappa shape index (κ1) is 11.2. The Bertz CT molecular complexity index is 222. The van der Waals surface area contributed by atoms with E-state index in [0.29, 0.717) is 13.0 Å². The fourth-order valence-electron chi connectivity index (χ4n) is 0.507. The number of nitriles is 1. The molecule has 0 unspecified atom stereocenters. The molecule has 0 bridgehead atoms. The zero-order valence-electron chi connectivity index (χ0n) is 6.87. The highest BCUT2D eigenvalue weighted by Gasteiger charge is 1.97. The predicted molar refractivity (Wildman–Crippen MR) is 41.9 cm³/mol. The van der Waals surface area contributed by atoms with Gasteiger partial charge in [-0.15, -0.1) is 0 Å². The number of nitrogens with zero attached hydrogens (tertiary/aromatic N) is 1. The number of hydrogen-bond acceptors (Lipinski definition) is 5. The quantitative estimate of drug-likeness (QED) is 0.211. The maximum absolute atomic E-state index is 10.3. The summed E-state index contributed by atoms with van der Waals surface area (Å²) in [6, 6.07) is 0.617. The second-order valence-corrected chi connectivity index (χ2v) is 2.02. The van der Waals surface area contributed by atoms with Crippen molar-refractivity contribution in [2.24, 2.45) is 5.73 Å². The van der Waals surface area contributed by atoms with Gasteiger partial charge in [0.25, 0.3) is 0 Å². The summed E-state index contributed by atoms with van der Waals surface area (Å²) < 4.78 is 4.41. The van der Waals surface area contributed by atoms with E-state index in [1.807, 2.05) is 0 Å². The third-order valence-electron chi connectivity index (χ3n) is 0.982. The third kappa shape index (κ3) is 8.09. The fraction of sp³-hybridized carbons (Fsp3) is 0.500. The Labute approximate surface area is 74.8 Å². The second kappa shape index (κ2) is 6.87. The van der Waals surface area contributed by atoms with E-state index in [0.717, 1.165) is 0 Å². The van der Waals surface area contributed by atoms with Crippen LogP contribution in [-0.4, -0.2) is 25.2 Å². The SMILES string of the molecule is N#CC(=O)OCCCNNC(N)=O. The minimum absolute atomic E-state index is 0.125. The zero-order chi connectivity index (χ0) is 10.1. The number of nitrogens with two attached hydrogens (primary N) is 1. The molecule has 13 heavy (non-hydrogen) atoms. The second-order valence-electron chi connectivity index (χ2n) is 2.02. The highest BCUT2D eigenvalue weighted by molar-refractivity contribution is 5.85. The molecule has 0 aromatic heterocycles. The Kier molecular flexibility index (Phi) is 5.92. The summed E-state index contributed by atoms with van der Waals surface area (Å²) in [7, 11) is 0. The lowest BCUT2D eigenvalue weighted by Crippen LogP contribution is -2.41. The van der Waals surface area contributed by atoms with Crippen molar-refractivity contribution in [1.82, 2.24) is 10.9 Å². The van der Waals surface area contributed by atoms with E-state index in [2.05, 4.69) is 15.6 Å². The number of amides is 2. The van der Waals surface area contributed by atoms with Gasteiger partial charge < -0.3 is 10.5 Å². The van der Waals surface area contributed by atoms with E-state index in [-0.39, 0.29) is 6.61 Å². The molecular weight excluding hydrogens is 176 g/mol. The highest BCUT2D eigenvalue weighted by atomic mass is 16.5. The molecule has 0 rings (SSSR count). The number of primary amides is 1. The maximum atomic E-state index is 10.3. The van der Waals surface area contributed by atoms with Crippen molar-refractivity contribution in [2.75, 3.05) is 13.2 Å². The van der Waals surface area contributed by atoms with Gasteiger partial charge in [0, 0.05) is 6.54 Å². The predicted octanol–water partition coefficient (Wildman–Crippen LogP) is -1.38. The molecule has 7 heteroatoms. The van der Waals surface area contributed by atoms with E-state index in [4.69, 9.17) is 11.0 Å². The van der Waals surface area contributed by atoms with Crippen LogP contribution in [0.3, 0.4) is 0 Å². The minimum Gasteiger partial charge on any atom is -0.455 e. The van der Waals surface area contributed by atoms with Crippen LogP contribution in [0.2, 0.25) is 0 Å².